The second-order valence-electron chi connectivity index (χ2n) is 6.81. The molecule has 2 aromatic rings. The Bertz CT molecular complexity index is 699. The van der Waals surface area contributed by atoms with Crippen LogP contribution in [0.25, 0.3) is 0 Å². The number of anilines is 2. The molecule has 0 aliphatic carbocycles. The van der Waals surface area contributed by atoms with Gasteiger partial charge in [-0.3, -0.25) is 4.79 Å². The summed E-state index contributed by atoms with van der Waals surface area (Å²) >= 11 is 0. The van der Waals surface area contributed by atoms with E-state index in [1.54, 1.807) is 0 Å². The van der Waals surface area contributed by atoms with E-state index in [2.05, 4.69) is 54.2 Å². The zero-order valence-electron chi connectivity index (χ0n) is 15.2. The predicted octanol–water partition coefficient (Wildman–Crippen LogP) is 3.03. The van der Waals surface area contributed by atoms with Gasteiger partial charge in [-0.1, -0.05) is 42.5 Å². The Morgan fingerprint density at radius 1 is 0.960 bits per heavy atom. The average Bonchev–Trinajstić information content (AvgIpc) is 2.65. The van der Waals surface area contributed by atoms with Crippen LogP contribution >= 0.6 is 0 Å². The van der Waals surface area contributed by atoms with Crippen LogP contribution in [-0.2, 0) is 11.2 Å². The van der Waals surface area contributed by atoms with Crippen LogP contribution in [0, 0.1) is 0 Å². The van der Waals surface area contributed by atoms with Crippen molar-refractivity contribution >= 4 is 17.3 Å². The van der Waals surface area contributed by atoms with Crippen LogP contribution in [-0.4, -0.2) is 51.1 Å². The molecule has 0 radical (unpaired) electrons. The van der Waals surface area contributed by atoms with Crippen LogP contribution in [0.3, 0.4) is 0 Å². The van der Waals surface area contributed by atoms with E-state index in [1.807, 2.05) is 29.2 Å². The lowest BCUT2D eigenvalue weighted by atomic mass is 10.1. The van der Waals surface area contributed by atoms with Crippen molar-refractivity contribution in [3.63, 3.8) is 0 Å². The first-order chi connectivity index (χ1) is 12.1. The van der Waals surface area contributed by atoms with E-state index in [0.29, 0.717) is 6.42 Å². The molecule has 0 bridgehead atoms. The SMILES string of the molecule is CN(C)CCN1CCN(C(=O)CCc2ccccc2)c2ccccc21. The minimum atomic E-state index is 0.212. The summed E-state index contributed by atoms with van der Waals surface area (Å²) in [7, 11) is 4.19. The number of carbonyl (C=O) groups excluding carboxylic acids is 1. The molecule has 0 aromatic heterocycles. The molecule has 0 saturated heterocycles. The molecule has 3 rings (SSSR count). The van der Waals surface area contributed by atoms with Crippen molar-refractivity contribution in [2.75, 3.05) is 50.1 Å². The molecule has 1 amide bonds. The zero-order chi connectivity index (χ0) is 17.6. The van der Waals surface area contributed by atoms with Crippen molar-refractivity contribution in [2.45, 2.75) is 12.8 Å². The number of aryl methyl sites for hydroxylation is 1. The third-order valence-electron chi connectivity index (χ3n) is 4.70. The van der Waals surface area contributed by atoms with E-state index in [4.69, 9.17) is 0 Å². The predicted molar refractivity (Wildman–Crippen MR) is 104 cm³/mol. The minimum Gasteiger partial charge on any atom is -0.367 e. The van der Waals surface area contributed by atoms with Crippen molar-refractivity contribution < 1.29 is 4.79 Å². The smallest absolute Gasteiger partial charge is 0.227 e. The Morgan fingerprint density at radius 2 is 1.64 bits per heavy atom. The van der Waals surface area contributed by atoms with E-state index in [9.17, 15) is 4.79 Å². The van der Waals surface area contributed by atoms with Crippen molar-refractivity contribution in [2.24, 2.45) is 0 Å². The molecule has 0 spiro atoms. The summed E-state index contributed by atoms with van der Waals surface area (Å²) in [6.45, 7) is 3.65. The Morgan fingerprint density at radius 3 is 2.36 bits per heavy atom. The van der Waals surface area contributed by atoms with E-state index in [-0.39, 0.29) is 5.91 Å². The van der Waals surface area contributed by atoms with Gasteiger partial charge in [0.1, 0.15) is 0 Å². The highest BCUT2D eigenvalue weighted by Crippen LogP contribution is 2.33. The van der Waals surface area contributed by atoms with E-state index in [0.717, 1.165) is 38.3 Å². The first kappa shape index (κ1) is 17.5. The van der Waals surface area contributed by atoms with Crippen LogP contribution < -0.4 is 9.80 Å². The molecule has 0 fully saturated rings. The van der Waals surface area contributed by atoms with Gasteiger partial charge in [0.05, 0.1) is 11.4 Å². The van der Waals surface area contributed by atoms with Gasteiger partial charge in [0.2, 0.25) is 5.91 Å². The Kier molecular flexibility index (Phi) is 5.71. The molecule has 4 nitrogen and oxygen atoms in total. The molecule has 1 heterocycles. The van der Waals surface area contributed by atoms with Crippen LogP contribution in [0.5, 0.6) is 0 Å². The summed E-state index contributed by atoms with van der Waals surface area (Å²) in [5, 5.41) is 0. The summed E-state index contributed by atoms with van der Waals surface area (Å²) in [6, 6.07) is 18.5. The fraction of sp³-hybridized carbons (Fsp3) is 0.381. The number of hydrogen-bond donors (Lipinski definition) is 0. The summed E-state index contributed by atoms with van der Waals surface area (Å²) in [5.41, 5.74) is 3.43. The lowest BCUT2D eigenvalue weighted by Gasteiger charge is -2.38. The van der Waals surface area contributed by atoms with Crippen LogP contribution in [0.2, 0.25) is 0 Å². The molecule has 0 unspecified atom stereocenters. The van der Waals surface area contributed by atoms with Gasteiger partial charge in [0, 0.05) is 32.6 Å². The summed E-state index contributed by atoms with van der Waals surface area (Å²) in [4.78, 5) is 19.3. The summed E-state index contributed by atoms with van der Waals surface area (Å²) in [5.74, 6) is 0.212. The van der Waals surface area contributed by atoms with Gasteiger partial charge >= 0.3 is 0 Å². The normalized spacial score (nSPS) is 13.9. The number of amides is 1. The van der Waals surface area contributed by atoms with Crippen molar-refractivity contribution in [3.05, 3.63) is 60.2 Å². The number of likely N-dealkylation sites (N-methyl/N-ethyl adjacent to an activating group) is 1. The molecule has 0 N–H and O–H groups in total. The van der Waals surface area contributed by atoms with Crippen LogP contribution in [0.1, 0.15) is 12.0 Å². The highest BCUT2D eigenvalue weighted by atomic mass is 16.2. The van der Waals surface area contributed by atoms with Gasteiger partial charge in [0.15, 0.2) is 0 Å². The van der Waals surface area contributed by atoms with E-state index in [1.165, 1.54) is 11.3 Å². The average molecular weight is 337 g/mol. The fourth-order valence-electron chi connectivity index (χ4n) is 3.26. The molecule has 0 saturated carbocycles. The molecule has 4 heteroatoms. The minimum absolute atomic E-state index is 0.212. The second kappa shape index (κ2) is 8.17. The Hall–Kier alpha value is -2.33. The number of para-hydroxylation sites is 2. The molecule has 2 aromatic carbocycles. The van der Waals surface area contributed by atoms with Gasteiger partial charge in [-0.2, -0.15) is 0 Å². The maximum Gasteiger partial charge on any atom is 0.227 e. The number of nitrogens with zero attached hydrogens (tertiary/aromatic N) is 3. The van der Waals surface area contributed by atoms with Gasteiger partial charge in [-0.15, -0.1) is 0 Å². The topological polar surface area (TPSA) is 26.8 Å². The molecule has 25 heavy (non-hydrogen) atoms. The zero-order valence-corrected chi connectivity index (χ0v) is 15.2. The Labute approximate surface area is 150 Å². The highest BCUT2D eigenvalue weighted by molar-refractivity contribution is 5.98. The standard InChI is InChI=1S/C21H27N3O/c1-22(2)14-15-23-16-17-24(20-11-7-6-10-19(20)23)21(25)13-12-18-8-4-3-5-9-18/h3-11H,12-17H2,1-2H3. The lowest BCUT2D eigenvalue weighted by Crippen LogP contribution is -2.45. The molecule has 1 aliphatic heterocycles. The first-order valence-electron chi connectivity index (χ1n) is 8.98. The van der Waals surface area contributed by atoms with E-state index >= 15 is 0 Å². The number of carbonyl (C=O) groups is 1. The van der Waals surface area contributed by atoms with Crippen molar-refractivity contribution in [1.29, 1.82) is 0 Å². The molecule has 1 aliphatic rings. The van der Waals surface area contributed by atoms with Crippen molar-refractivity contribution in [3.8, 4) is 0 Å². The van der Waals surface area contributed by atoms with Gasteiger partial charge < -0.3 is 14.7 Å². The second-order valence-corrected chi connectivity index (χ2v) is 6.81. The number of benzene rings is 2. The summed E-state index contributed by atoms with van der Waals surface area (Å²) in [6.07, 6.45) is 1.35. The largest absolute Gasteiger partial charge is 0.367 e. The fourth-order valence-corrected chi connectivity index (χ4v) is 3.26. The third-order valence-corrected chi connectivity index (χ3v) is 4.70. The first-order valence-corrected chi connectivity index (χ1v) is 8.98. The van der Waals surface area contributed by atoms with Crippen LogP contribution in [0.4, 0.5) is 11.4 Å². The van der Waals surface area contributed by atoms with Gasteiger partial charge in [-0.25, -0.2) is 0 Å². The van der Waals surface area contributed by atoms with Gasteiger partial charge in [0.25, 0.3) is 0 Å². The maximum atomic E-state index is 12.8. The van der Waals surface area contributed by atoms with Gasteiger partial charge in [-0.05, 0) is 38.2 Å². The van der Waals surface area contributed by atoms with Crippen LogP contribution in [0.15, 0.2) is 54.6 Å². The number of hydrogen-bond acceptors (Lipinski definition) is 3. The Balaban J connectivity index is 1.69. The van der Waals surface area contributed by atoms with E-state index < -0.39 is 0 Å². The number of rotatable bonds is 6. The number of fused-ring (bicyclic) bond motifs is 1. The van der Waals surface area contributed by atoms with Crippen molar-refractivity contribution in [1.82, 2.24) is 4.90 Å². The summed E-state index contributed by atoms with van der Waals surface area (Å²) < 4.78 is 0. The maximum absolute atomic E-state index is 12.8. The molecular formula is C21H27N3O. The third kappa shape index (κ3) is 4.40. The quantitative estimate of drug-likeness (QED) is 0.811. The monoisotopic (exact) mass is 337 g/mol. The molecule has 0 atom stereocenters. The lowest BCUT2D eigenvalue weighted by molar-refractivity contribution is -0.118. The molecular weight excluding hydrogens is 310 g/mol. The highest BCUT2D eigenvalue weighted by Gasteiger charge is 2.26. The molecule has 132 valence electrons.